The predicted molar refractivity (Wildman–Crippen MR) is 79.9 cm³/mol. The minimum Gasteiger partial charge on any atom is -0.496 e. The summed E-state index contributed by atoms with van der Waals surface area (Å²) in [7, 11) is 1.53. The van der Waals surface area contributed by atoms with E-state index in [0.29, 0.717) is 11.3 Å². The molecule has 0 N–H and O–H groups in total. The van der Waals surface area contributed by atoms with Gasteiger partial charge in [0.15, 0.2) is 0 Å². The Balaban J connectivity index is 2.24. The highest BCUT2D eigenvalue weighted by atomic mass is 16.6. The number of ether oxygens (including phenoxy) is 2. The van der Waals surface area contributed by atoms with Crippen molar-refractivity contribution < 1.29 is 14.4 Å². The number of nitro benzene ring substituents is 1. The molecule has 0 bridgehead atoms. The topological polar surface area (TPSA) is 61.6 Å². The van der Waals surface area contributed by atoms with Crippen molar-refractivity contribution in [3.63, 3.8) is 0 Å². The maximum Gasteiger partial charge on any atom is 0.270 e. The molecular formula is C16H17NO4. The number of hydrogen-bond acceptors (Lipinski definition) is 4. The lowest BCUT2D eigenvalue weighted by molar-refractivity contribution is -0.385. The van der Waals surface area contributed by atoms with Gasteiger partial charge in [0.2, 0.25) is 0 Å². The summed E-state index contributed by atoms with van der Waals surface area (Å²) < 4.78 is 11.0. The molecule has 2 aromatic carbocycles. The van der Waals surface area contributed by atoms with Crippen LogP contribution in [0.3, 0.4) is 0 Å². The Bertz CT molecular complexity index is 667. The Morgan fingerprint density at radius 1 is 1.14 bits per heavy atom. The first-order valence-corrected chi connectivity index (χ1v) is 6.53. The molecule has 5 nitrogen and oxygen atoms in total. The van der Waals surface area contributed by atoms with E-state index in [1.807, 2.05) is 32.0 Å². The van der Waals surface area contributed by atoms with Gasteiger partial charge >= 0.3 is 0 Å². The molecule has 0 aliphatic rings. The number of nitrogens with zero attached hydrogens (tertiary/aromatic N) is 1. The second kappa shape index (κ2) is 6.26. The smallest absolute Gasteiger partial charge is 0.270 e. The van der Waals surface area contributed by atoms with Gasteiger partial charge < -0.3 is 9.47 Å². The first-order chi connectivity index (χ1) is 10.0. The zero-order valence-corrected chi connectivity index (χ0v) is 12.3. The summed E-state index contributed by atoms with van der Waals surface area (Å²) >= 11 is 0. The van der Waals surface area contributed by atoms with Crippen molar-refractivity contribution >= 4 is 5.69 Å². The number of aryl methyl sites for hydroxylation is 1. The highest BCUT2D eigenvalue weighted by Crippen LogP contribution is 2.27. The third-order valence-electron chi connectivity index (χ3n) is 3.41. The summed E-state index contributed by atoms with van der Waals surface area (Å²) in [6.07, 6.45) is 0. The zero-order chi connectivity index (χ0) is 15.4. The molecule has 0 amide bonds. The molecule has 0 fully saturated rings. The number of methoxy groups -OCH3 is 1. The van der Waals surface area contributed by atoms with Crippen LogP contribution in [0.5, 0.6) is 11.5 Å². The van der Waals surface area contributed by atoms with Gasteiger partial charge in [0.05, 0.1) is 12.0 Å². The fourth-order valence-electron chi connectivity index (χ4n) is 2.03. The first-order valence-electron chi connectivity index (χ1n) is 6.53. The third-order valence-corrected chi connectivity index (χ3v) is 3.41. The Morgan fingerprint density at radius 2 is 1.90 bits per heavy atom. The maximum absolute atomic E-state index is 10.8. The minimum atomic E-state index is -0.430. The molecule has 0 aliphatic heterocycles. The highest BCUT2D eigenvalue weighted by molar-refractivity contribution is 5.44. The molecule has 0 saturated carbocycles. The van der Waals surface area contributed by atoms with E-state index in [9.17, 15) is 10.1 Å². The highest BCUT2D eigenvalue weighted by Gasteiger charge is 2.12. The molecular weight excluding hydrogens is 270 g/mol. The second-order valence-electron chi connectivity index (χ2n) is 4.74. The van der Waals surface area contributed by atoms with E-state index in [0.717, 1.165) is 16.9 Å². The molecule has 0 spiro atoms. The fourth-order valence-corrected chi connectivity index (χ4v) is 2.03. The number of nitro groups is 1. The van der Waals surface area contributed by atoms with Gasteiger partial charge in [0.1, 0.15) is 18.1 Å². The second-order valence-corrected chi connectivity index (χ2v) is 4.74. The first kappa shape index (κ1) is 14.8. The van der Waals surface area contributed by atoms with Crippen LogP contribution in [0.25, 0.3) is 0 Å². The fraction of sp³-hybridized carbons (Fsp3) is 0.250. The van der Waals surface area contributed by atoms with Gasteiger partial charge in [-0.3, -0.25) is 10.1 Å². The van der Waals surface area contributed by atoms with Crippen LogP contribution in [0.1, 0.15) is 16.7 Å². The van der Waals surface area contributed by atoms with Crippen molar-refractivity contribution in [2.45, 2.75) is 20.5 Å². The summed E-state index contributed by atoms with van der Waals surface area (Å²) in [4.78, 5) is 10.4. The van der Waals surface area contributed by atoms with Crippen LogP contribution in [0.15, 0.2) is 36.4 Å². The molecule has 0 atom stereocenters. The molecule has 0 heterocycles. The van der Waals surface area contributed by atoms with Crippen molar-refractivity contribution in [1.82, 2.24) is 0 Å². The SMILES string of the molecule is COc1ccc([N+](=O)[O-])cc1COc1cccc(C)c1C. The Morgan fingerprint density at radius 3 is 2.57 bits per heavy atom. The van der Waals surface area contributed by atoms with E-state index in [1.54, 1.807) is 6.07 Å². The normalized spacial score (nSPS) is 10.2. The van der Waals surface area contributed by atoms with Crippen molar-refractivity contribution in [2.24, 2.45) is 0 Å². The van der Waals surface area contributed by atoms with Gasteiger partial charge in [-0.1, -0.05) is 12.1 Å². The van der Waals surface area contributed by atoms with Crippen LogP contribution < -0.4 is 9.47 Å². The largest absolute Gasteiger partial charge is 0.496 e. The van der Waals surface area contributed by atoms with Crippen LogP contribution >= 0.6 is 0 Å². The average molecular weight is 287 g/mol. The van der Waals surface area contributed by atoms with Crippen molar-refractivity contribution in [3.8, 4) is 11.5 Å². The van der Waals surface area contributed by atoms with Crippen LogP contribution in [0.4, 0.5) is 5.69 Å². The van der Waals surface area contributed by atoms with Gasteiger partial charge in [-0.2, -0.15) is 0 Å². The third kappa shape index (κ3) is 3.31. The van der Waals surface area contributed by atoms with Crippen LogP contribution in [0.2, 0.25) is 0 Å². The molecule has 0 saturated heterocycles. The van der Waals surface area contributed by atoms with Crippen LogP contribution in [-0.2, 0) is 6.61 Å². The summed E-state index contributed by atoms with van der Waals surface area (Å²) in [6.45, 7) is 4.21. The van der Waals surface area contributed by atoms with E-state index in [2.05, 4.69) is 0 Å². The van der Waals surface area contributed by atoms with E-state index >= 15 is 0 Å². The van der Waals surface area contributed by atoms with E-state index in [-0.39, 0.29) is 12.3 Å². The van der Waals surface area contributed by atoms with E-state index in [4.69, 9.17) is 9.47 Å². The number of hydrogen-bond donors (Lipinski definition) is 0. The van der Waals surface area contributed by atoms with Gasteiger partial charge in [-0.05, 0) is 37.1 Å². The summed E-state index contributed by atoms with van der Waals surface area (Å²) in [5, 5.41) is 10.8. The van der Waals surface area contributed by atoms with Gasteiger partial charge in [-0.25, -0.2) is 0 Å². The molecule has 110 valence electrons. The molecule has 21 heavy (non-hydrogen) atoms. The summed E-state index contributed by atoms with van der Waals surface area (Å²) in [5.74, 6) is 1.34. The number of benzene rings is 2. The lowest BCUT2D eigenvalue weighted by Crippen LogP contribution is -2.01. The lowest BCUT2D eigenvalue weighted by Gasteiger charge is -2.13. The minimum absolute atomic E-state index is 0.0235. The average Bonchev–Trinajstić information content (AvgIpc) is 2.48. The lowest BCUT2D eigenvalue weighted by atomic mass is 10.1. The summed E-state index contributed by atoms with van der Waals surface area (Å²) in [6, 6.07) is 10.3. The number of rotatable bonds is 5. The standard InChI is InChI=1S/C16H17NO4/c1-11-5-4-6-15(12(11)2)21-10-13-9-14(17(18)19)7-8-16(13)20-3/h4-9H,10H2,1-3H3. The van der Waals surface area contributed by atoms with Crippen molar-refractivity contribution in [1.29, 1.82) is 0 Å². The quantitative estimate of drug-likeness (QED) is 0.620. The monoisotopic (exact) mass is 287 g/mol. The molecule has 0 unspecified atom stereocenters. The molecule has 0 radical (unpaired) electrons. The van der Waals surface area contributed by atoms with Crippen molar-refractivity contribution in [3.05, 3.63) is 63.2 Å². The van der Waals surface area contributed by atoms with Gasteiger partial charge in [-0.15, -0.1) is 0 Å². The van der Waals surface area contributed by atoms with E-state index in [1.165, 1.54) is 19.2 Å². The molecule has 0 aliphatic carbocycles. The maximum atomic E-state index is 10.8. The van der Waals surface area contributed by atoms with Crippen molar-refractivity contribution in [2.75, 3.05) is 7.11 Å². The van der Waals surface area contributed by atoms with Gasteiger partial charge in [0.25, 0.3) is 5.69 Å². The Labute approximate surface area is 123 Å². The Kier molecular flexibility index (Phi) is 4.42. The Hall–Kier alpha value is -2.56. The molecule has 2 aromatic rings. The molecule has 5 heteroatoms. The number of non-ortho nitro benzene ring substituents is 1. The van der Waals surface area contributed by atoms with Crippen LogP contribution in [0, 0.1) is 24.0 Å². The molecule has 2 rings (SSSR count). The predicted octanol–water partition coefficient (Wildman–Crippen LogP) is 3.80. The summed E-state index contributed by atoms with van der Waals surface area (Å²) in [5.41, 5.74) is 2.86. The van der Waals surface area contributed by atoms with Gasteiger partial charge in [0, 0.05) is 17.7 Å². The molecule has 0 aromatic heterocycles. The van der Waals surface area contributed by atoms with Crippen LogP contribution in [-0.4, -0.2) is 12.0 Å². The zero-order valence-electron chi connectivity index (χ0n) is 12.3. The van der Waals surface area contributed by atoms with E-state index < -0.39 is 4.92 Å².